The van der Waals surface area contributed by atoms with Crippen molar-refractivity contribution in [2.45, 2.75) is 30.6 Å². The lowest BCUT2D eigenvalue weighted by atomic mass is 9.73. The third-order valence-corrected chi connectivity index (χ3v) is 5.78. The van der Waals surface area contributed by atoms with Crippen molar-refractivity contribution in [3.63, 3.8) is 0 Å². The van der Waals surface area contributed by atoms with Gasteiger partial charge in [0.2, 0.25) is 5.91 Å². The van der Waals surface area contributed by atoms with Crippen LogP contribution in [0.1, 0.15) is 36.3 Å². The predicted molar refractivity (Wildman–Crippen MR) is 98.5 cm³/mol. The number of carbonyl (C=O) groups is 1. The fraction of sp³-hybridized carbons (Fsp3) is 0.409. The fourth-order valence-electron chi connectivity index (χ4n) is 4.10. The van der Waals surface area contributed by atoms with E-state index < -0.39 is 5.41 Å². The maximum absolute atomic E-state index is 13.1. The average molecular weight is 335 g/mol. The summed E-state index contributed by atoms with van der Waals surface area (Å²) >= 11 is 0. The maximum Gasteiger partial charge on any atom is 0.230 e. The van der Waals surface area contributed by atoms with Crippen LogP contribution in [-0.4, -0.2) is 25.7 Å². The average Bonchev–Trinajstić information content (AvgIpc) is 3.48. The molecule has 2 aromatic carbocycles. The first-order valence-corrected chi connectivity index (χ1v) is 9.26. The normalized spacial score (nSPS) is 24.5. The van der Waals surface area contributed by atoms with E-state index in [9.17, 15) is 4.79 Å². The highest BCUT2D eigenvalue weighted by molar-refractivity contribution is 5.88. The van der Waals surface area contributed by atoms with Crippen LogP contribution in [-0.2, 0) is 14.9 Å². The van der Waals surface area contributed by atoms with Gasteiger partial charge in [0, 0.05) is 19.8 Å². The zero-order chi connectivity index (χ0) is 17.1. The van der Waals surface area contributed by atoms with Crippen LogP contribution in [0.3, 0.4) is 0 Å². The topological polar surface area (TPSA) is 38.3 Å². The summed E-state index contributed by atoms with van der Waals surface area (Å²) in [6.07, 6.45) is 2.69. The molecule has 3 heteroatoms. The van der Waals surface area contributed by atoms with E-state index in [1.54, 1.807) is 0 Å². The molecule has 2 aromatic rings. The van der Waals surface area contributed by atoms with Crippen molar-refractivity contribution < 1.29 is 9.53 Å². The highest BCUT2D eigenvalue weighted by Crippen LogP contribution is 2.47. The standard InChI is InChI=1S/C22H25NO2/c24-21(23-16-18-15-20(18)17-7-3-1-4-8-17)22(11-13-25-14-12-22)19-9-5-2-6-10-19/h1-10,18,20H,11-16H2,(H,23,24)/t18-,20-/m0/s1. The van der Waals surface area contributed by atoms with Gasteiger partial charge in [0.25, 0.3) is 0 Å². The van der Waals surface area contributed by atoms with Gasteiger partial charge >= 0.3 is 0 Å². The Kier molecular flexibility index (Phi) is 4.58. The van der Waals surface area contributed by atoms with Gasteiger partial charge in [-0.2, -0.15) is 0 Å². The van der Waals surface area contributed by atoms with Crippen LogP contribution in [0.4, 0.5) is 0 Å². The SMILES string of the molecule is O=C(NC[C@@H]1C[C@H]1c1ccccc1)C1(c2ccccc2)CCOCC1. The van der Waals surface area contributed by atoms with Gasteiger partial charge in [-0.15, -0.1) is 0 Å². The Morgan fingerprint density at radius 2 is 1.64 bits per heavy atom. The molecule has 0 spiro atoms. The van der Waals surface area contributed by atoms with Crippen molar-refractivity contribution in [2.75, 3.05) is 19.8 Å². The van der Waals surface area contributed by atoms with Crippen molar-refractivity contribution in [1.82, 2.24) is 5.32 Å². The monoisotopic (exact) mass is 335 g/mol. The van der Waals surface area contributed by atoms with Crippen molar-refractivity contribution in [3.05, 3.63) is 71.8 Å². The Bertz CT molecular complexity index is 707. The third kappa shape index (κ3) is 3.34. The number of ether oxygens (including phenoxy) is 1. The zero-order valence-electron chi connectivity index (χ0n) is 14.5. The minimum Gasteiger partial charge on any atom is -0.381 e. The molecule has 1 heterocycles. The van der Waals surface area contributed by atoms with Gasteiger partial charge in [-0.25, -0.2) is 0 Å². The van der Waals surface area contributed by atoms with Crippen LogP contribution in [0.2, 0.25) is 0 Å². The minimum atomic E-state index is -0.434. The molecule has 25 heavy (non-hydrogen) atoms. The quantitative estimate of drug-likeness (QED) is 0.906. The summed E-state index contributed by atoms with van der Waals surface area (Å²) in [5, 5.41) is 3.26. The Morgan fingerprint density at radius 3 is 2.32 bits per heavy atom. The van der Waals surface area contributed by atoms with E-state index in [4.69, 9.17) is 4.74 Å². The number of benzene rings is 2. The summed E-state index contributed by atoms with van der Waals surface area (Å²) in [6, 6.07) is 20.8. The molecular formula is C22H25NO2. The van der Waals surface area contributed by atoms with Crippen LogP contribution in [0.15, 0.2) is 60.7 Å². The molecule has 2 fully saturated rings. The number of carbonyl (C=O) groups excluding carboxylic acids is 1. The second-order valence-corrected chi connectivity index (χ2v) is 7.28. The Hall–Kier alpha value is -2.13. The van der Waals surface area contributed by atoms with Crippen molar-refractivity contribution >= 4 is 5.91 Å². The number of hydrogen-bond donors (Lipinski definition) is 1. The molecule has 1 saturated carbocycles. The molecule has 1 aliphatic heterocycles. The van der Waals surface area contributed by atoms with Gasteiger partial charge in [-0.3, -0.25) is 4.79 Å². The molecule has 1 amide bonds. The van der Waals surface area contributed by atoms with Crippen molar-refractivity contribution in [2.24, 2.45) is 5.92 Å². The van der Waals surface area contributed by atoms with E-state index in [1.807, 2.05) is 18.2 Å². The first-order valence-electron chi connectivity index (χ1n) is 9.26. The summed E-state index contributed by atoms with van der Waals surface area (Å²) in [6.45, 7) is 2.07. The van der Waals surface area contributed by atoms with Gasteiger partial charge in [0.05, 0.1) is 5.41 Å². The lowest BCUT2D eigenvalue weighted by Gasteiger charge is -2.36. The molecule has 1 saturated heterocycles. The first kappa shape index (κ1) is 16.3. The molecule has 2 atom stereocenters. The molecule has 4 rings (SSSR count). The summed E-state index contributed by atoms with van der Waals surface area (Å²) in [4.78, 5) is 13.1. The van der Waals surface area contributed by atoms with Gasteiger partial charge in [-0.05, 0) is 42.2 Å². The zero-order valence-corrected chi connectivity index (χ0v) is 14.5. The summed E-state index contributed by atoms with van der Waals surface area (Å²) < 4.78 is 5.53. The maximum atomic E-state index is 13.1. The third-order valence-electron chi connectivity index (χ3n) is 5.78. The Labute approximate surface area is 149 Å². The van der Waals surface area contributed by atoms with Gasteiger partial charge in [0.15, 0.2) is 0 Å². The van der Waals surface area contributed by atoms with Gasteiger partial charge in [0.1, 0.15) is 0 Å². The molecule has 1 aliphatic carbocycles. The molecule has 1 N–H and O–H groups in total. The Morgan fingerprint density at radius 1 is 1.00 bits per heavy atom. The summed E-state index contributed by atoms with van der Waals surface area (Å²) in [7, 11) is 0. The molecule has 0 aromatic heterocycles. The Balaban J connectivity index is 1.42. The second-order valence-electron chi connectivity index (χ2n) is 7.28. The van der Waals surface area contributed by atoms with Crippen LogP contribution in [0, 0.1) is 5.92 Å². The largest absolute Gasteiger partial charge is 0.381 e. The van der Waals surface area contributed by atoms with Gasteiger partial charge < -0.3 is 10.1 Å². The summed E-state index contributed by atoms with van der Waals surface area (Å²) in [5.41, 5.74) is 2.08. The predicted octanol–water partition coefficient (Wildman–Crippen LogP) is 3.65. The molecule has 2 aliphatic rings. The minimum absolute atomic E-state index is 0.167. The van der Waals surface area contributed by atoms with Crippen LogP contribution in [0.5, 0.6) is 0 Å². The first-order chi connectivity index (χ1) is 12.3. The lowest BCUT2D eigenvalue weighted by Crippen LogP contribution is -2.48. The molecule has 0 unspecified atom stereocenters. The number of rotatable bonds is 5. The van der Waals surface area contributed by atoms with E-state index in [0.29, 0.717) is 25.0 Å². The van der Waals surface area contributed by atoms with E-state index >= 15 is 0 Å². The molecule has 3 nitrogen and oxygen atoms in total. The second kappa shape index (κ2) is 7.01. The number of nitrogens with one attached hydrogen (secondary N) is 1. The number of amides is 1. The van der Waals surface area contributed by atoms with E-state index in [-0.39, 0.29) is 5.91 Å². The van der Waals surface area contributed by atoms with E-state index in [1.165, 1.54) is 12.0 Å². The van der Waals surface area contributed by atoms with E-state index in [0.717, 1.165) is 24.9 Å². The number of hydrogen-bond acceptors (Lipinski definition) is 2. The molecule has 0 radical (unpaired) electrons. The van der Waals surface area contributed by atoms with Crippen LogP contribution >= 0.6 is 0 Å². The van der Waals surface area contributed by atoms with Gasteiger partial charge in [-0.1, -0.05) is 60.7 Å². The van der Waals surface area contributed by atoms with Crippen LogP contribution in [0.25, 0.3) is 0 Å². The molecule has 0 bridgehead atoms. The summed E-state index contributed by atoms with van der Waals surface area (Å²) in [5.74, 6) is 1.34. The highest BCUT2D eigenvalue weighted by Gasteiger charge is 2.43. The smallest absolute Gasteiger partial charge is 0.230 e. The van der Waals surface area contributed by atoms with Crippen molar-refractivity contribution in [1.29, 1.82) is 0 Å². The fourth-order valence-corrected chi connectivity index (χ4v) is 4.10. The highest BCUT2D eigenvalue weighted by atomic mass is 16.5. The molecule has 130 valence electrons. The van der Waals surface area contributed by atoms with E-state index in [2.05, 4.69) is 47.8 Å². The van der Waals surface area contributed by atoms with Crippen molar-refractivity contribution in [3.8, 4) is 0 Å². The lowest BCUT2D eigenvalue weighted by molar-refractivity contribution is -0.130. The van der Waals surface area contributed by atoms with Crippen LogP contribution < -0.4 is 5.32 Å². The molecular weight excluding hydrogens is 310 g/mol.